The first-order valence-electron chi connectivity index (χ1n) is 10.8. The largest absolute Gasteiger partial charge is 0.443 e. The second kappa shape index (κ2) is 8.65. The number of hydrogen-bond donors (Lipinski definition) is 2. The minimum absolute atomic E-state index is 0.0560. The van der Waals surface area contributed by atoms with E-state index < -0.39 is 17.8 Å². The molecule has 182 valence electrons. The van der Waals surface area contributed by atoms with Gasteiger partial charge >= 0.3 is 6.18 Å². The monoisotopic (exact) mass is 486 g/mol. The minimum Gasteiger partial charge on any atom is -0.443 e. The van der Waals surface area contributed by atoms with Crippen LogP contribution in [0.15, 0.2) is 41.4 Å². The van der Waals surface area contributed by atoms with Gasteiger partial charge in [-0.25, -0.2) is 19.9 Å². The van der Waals surface area contributed by atoms with Crippen LogP contribution in [0, 0.1) is 0 Å². The fraction of sp³-hybridized carbons (Fsp3) is 0.318. The molecule has 1 saturated heterocycles. The summed E-state index contributed by atoms with van der Waals surface area (Å²) in [4.78, 5) is 31.7. The highest BCUT2D eigenvalue weighted by molar-refractivity contribution is 5.97. The van der Waals surface area contributed by atoms with Crippen LogP contribution in [-0.4, -0.2) is 61.3 Å². The van der Waals surface area contributed by atoms with E-state index in [4.69, 9.17) is 10.2 Å². The van der Waals surface area contributed by atoms with Gasteiger partial charge < -0.3 is 20.4 Å². The number of nitrogens with zero attached hydrogens (tertiary/aromatic N) is 6. The Morgan fingerprint density at radius 1 is 1.26 bits per heavy atom. The first-order chi connectivity index (χ1) is 16.7. The number of alkyl halides is 3. The number of likely N-dealkylation sites (N-methyl/N-ethyl adjacent to an activating group) is 1. The number of carbonyl (C=O) groups excluding carboxylic acids is 1. The van der Waals surface area contributed by atoms with Crippen LogP contribution in [0.4, 0.5) is 19.0 Å². The maximum Gasteiger partial charge on any atom is 0.433 e. The van der Waals surface area contributed by atoms with Crippen molar-refractivity contribution in [2.24, 2.45) is 0 Å². The Labute approximate surface area is 197 Å². The zero-order valence-corrected chi connectivity index (χ0v) is 18.6. The highest BCUT2D eigenvalue weighted by Crippen LogP contribution is 2.33. The third-order valence-corrected chi connectivity index (χ3v) is 6.01. The van der Waals surface area contributed by atoms with Crippen LogP contribution in [0.25, 0.3) is 28.5 Å². The molecule has 0 spiro atoms. The summed E-state index contributed by atoms with van der Waals surface area (Å²) < 4.78 is 46.6. The summed E-state index contributed by atoms with van der Waals surface area (Å²) in [6.07, 6.45) is 2.07. The van der Waals surface area contributed by atoms with E-state index in [-0.39, 0.29) is 46.0 Å². The van der Waals surface area contributed by atoms with Gasteiger partial charge in [-0.1, -0.05) is 0 Å². The third-order valence-electron chi connectivity index (χ3n) is 6.01. The molecule has 5 heterocycles. The van der Waals surface area contributed by atoms with Crippen LogP contribution < -0.4 is 11.1 Å². The van der Waals surface area contributed by atoms with E-state index >= 15 is 0 Å². The fourth-order valence-corrected chi connectivity index (χ4v) is 4.17. The number of nitrogens with two attached hydrogens (primary N) is 1. The summed E-state index contributed by atoms with van der Waals surface area (Å²) in [5, 5.41) is 2.83. The molecule has 0 aliphatic carbocycles. The quantitative estimate of drug-likeness (QED) is 0.441. The number of hydrogen-bond acceptors (Lipinski definition) is 8. The molecule has 0 saturated carbocycles. The Morgan fingerprint density at radius 3 is 2.77 bits per heavy atom. The topological polar surface area (TPSA) is 127 Å². The number of amides is 1. The van der Waals surface area contributed by atoms with Crippen LogP contribution in [0.2, 0.25) is 0 Å². The van der Waals surface area contributed by atoms with Crippen molar-refractivity contribution in [1.29, 1.82) is 0 Å². The number of pyridine rings is 1. The maximum atomic E-state index is 13.5. The predicted octanol–water partition coefficient (Wildman–Crippen LogP) is 2.87. The molecule has 5 rings (SSSR count). The molecule has 1 fully saturated rings. The average Bonchev–Trinajstić information content (AvgIpc) is 3.57. The molecular formula is C22H21F3N8O2. The van der Waals surface area contributed by atoms with Crippen molar-refractivity contribution in [3.8, 4) is 22.8 Å². The smallest absolute Gasteiger partial charge is 0.433 e. The van der Waals surface area contributed by atoms with Gasteiger partial charge in [0.25, 0.3) is 5.91 Å². The molecule has 1 aliphatic rings. The minimum atomic E-state index is -4.62. The molecule has 0 aromatic carbocycles. The number of likely N-dealkylation sites (tertiary alicyclic amines) is 1. The van der Waals surface area contributed by atoms with Crippen molar-refractivity contribution >= 4 is 17.4 Å². The second-order valence-corrected chi connectivity index (χ2v) is 8.27. The van der Waals surface area contributed by atoms with Crippen LogP contribution in [0.5, 0.6) is 0 Å². The van der Waals surface area contributed by atoms with Crippen molar-refractivity contribution in [2.75, 3.05) is 25.9 Å². The predicted molar refractivity (Wildman–Crippen MR) is 119 cm³/mol. The Morgan fingerprint density at radius 2 is 2.09 bits per heavy atom. The van der Waals surface area contributed by atoms with Crippen LogP contribution in [-0.2, 0) is 6.18 Å². The van der Waals surface area contributed by atoms with Crippen molar-refractivity contribution in [2.45, 2.75) is 25.1 Å². The van der Waals surface area contributed by atoms with Gasteiger partial charge in [-0.3, -0.25) is 9.20 Å². The second-order valence-electron chi connectivity index (χ2n) is 8.27. The molecule has 0 bridgehead atoms. The Hall–Kier alpha value is -4.00. The van der Waals surface area contributed by atoms with Gasteiger partial charge in [0.1, 0.15) is 23.3 Å². The lowest BCUT2D eigenvalue weighted by Gasteiger charge is -2.19. The lowest BCUT2D eigenvalue weighted by atomic mass is 10.1. The molecule has 1 atom stereocenters. The first-order valence-corrected chi connectivity index (χ1v) is 10.8. The summed E-state index contributed by atoms with van der Waals surface area (Å²) >= 11 is 0. The van der Waals surface area contributed by atoms with Crippen molar-refractivity contribution < 1.29 is 22.4 Å². The summed E-state index contributed by atoms with van der Waals surface area (Å²) in [6, 6.07) is 3.14. The van der Waals surface area contributed by atoms with Crippen molar-refractivity contribution in [3.05, 3.63) is 48.4 Å². The SMILES string of the molecule is CN1CCC[C@H]1CNC(=O)c1nc(-c2ccc3ncc(C(F)(F)F)n3c2)c(-c2ncco2)nc1N. The zero-order chi connectivity index (χ0) is 24.7. The molecule has 1 amide bonds. The highest BCUT2D eigenvalue weighted by Gasteiger charge is 2.34. The van der Waals surface area contributed by atoms with Crippen LogP contribution in [0.1, 0.15) is 29.0 Å². The number of fused-ring (bicyclic) bond motifs is 1. The molecule has 1 aliphatic heterocycles. The van der Waals surface area contributed by atoms with E-state index in [1.807, 2.05) is 7.05 Å². The number of aromatic nitrogens is 5. The molecular weight excluding hydrogens is 465 g/mol. The number of anilines is 1. The molecule has 13 heteroatoms. The van der Waals surface area contributed by atoms with E-state index in [0.29, 0.717) is 6.54 Å². The van der Waals surface area contributed by atoms with Gasteiger partial charge in [-0.2, -0.15) is 13.2 Å². The number of nitrogens with one attached hydrogen (secondary N) is 1. The van der Waals surface area contributed by atoms with E-state index in [1.54, 1.807) is 0 Å². The van der Waals surface area contributed by atoms with Gasteiger partial charge in [0.2, 0.25) is 5.89 Å². The molecule has 10 nitrogen and oxygen atoms in total. The first kappa shape index (κ1) is 22.8. The normalized spacial score (nSPS) is 16.7. The number of nitrogen functional groups attached to an aromatic ring is 1. The van der Waals surface area contributed by atoms with E-state index in [0.717, 1.165) is 30.0 Å². The average molecular weight is 486 g/mol. The molecule has 4 aromatic rings. The van der Waals surface area contributed by atoms with E-state index in [1.165, 1.54) is 30.8 Å². The summed E-state index contributed by atoms with van der Waals surface area (Å²) in [7, 11) is 1.99. The van der Waals surface area contributed by atoms with Crippen LogP contribution in [0.3, 0.4) is 0 Å². The van der Waals surface area contributed by atoms with Gasteiger partial charge in [-0.05, 0) is 38.6 Å². The molecule has 4 aromatic heterocycles. The zero-order valence-electron chi connectivity index (χ0n) is 18.6. The van der Waals surface area contributed by atoms with E-state index in [9.17, 15) is 18.0 Å². The summed E-state index contributed by atoms with van der Waals surface area (Å²) in [6.45, 7) is 1.36. The highest BCUT2D eigenvalue weighted by atomic mass is 19.4. The lowest BCUT2D eigenvalue weighted by Crippen LogP contribution is -2.38. The fourth-order valence-electron chi connectivity index (χ4n) is 4.17. The maximum absolute atomic E-state index is 13.5. The Kier molecular flexibility index (Phi) is 5.63. The van der Waals surface area contributed by atoms with Crippen LogP contribution >= 0.6 is 0 Å². The number of rotatable bonds is 5. The molecule has 0 unspecified atom stereocenters. The van der Waals surface area contributed by atoms with Gasteiger partial charge in [0.05, 0.1) is 12.4 Å². The van der Waals surface area contributed by atoms with Crippen molar-refractivity contribution in [1.82, 2.24) is 34.6 Å². The molecule has 0 radical (unpaired) electrons. The van der Waals surface area contributed by atoms with Gasteiger partial charge in [-0.15, -0.1) is 0 Å². The van der Waals surface area contributed by atoms with E-state index in [2.05, 4.69) is 30.2 Å². The van der Waals surface area contributed by atoms with Gasteiger partial charge in [0, 0.05) is 24.3 Å². The lowest BCUT2D eigenvalue weighted by molar-refractivity contribution is -0.141. The number of imidazole rings is 1. The standard InChI is InChI=1S/C22H21F3N8O2/c1-32-7-2-3-13(32)9-29-20(34)18-19(26)31-17(21-27-6-8-35-21)16(30-18)12-4-5-15-28-10-14(22(23,24)25)33(15)11-12/h4-6,8,10-11,13H,2-3,7,9H2,1H3,(H2,26,31)(H,29,34)/t13-/m0/s1. The van der Waals surface area contributed by atoms with Gasteiger partial charge in [0.15, 0.2) is 17.2 Å². The number of carbonyl (C=O) groups is 1. The molecule has 35 heavy (non-hydrogen) atoms. The Balaban J connectivity index is 1.58. The summed E-state index contributed by atoms with van der Waals surface area (Å²) in [5.41, 5.74) is 5.49. The van der Waals surface area contributed by atoms with Crippen molar-refractivity contribution in [3.63, 3.8) is 0 Å². The third kappa shape index (κ3) is 4.30. The summed E-state index contributed by atoms with van der Waals surface area (Å²) in [5.74, 6) is -0.630. The Bertz CT molecular complexity index is 1380. The number of oxazole rings is 1. The number of halogens is 3. The molecule has 3 N–H and O–H groups in total.